The maximum Gasteiger partial charge on any atom is 0.240 e. The zero-order valence-corrected chi connectivity index (χ0v) is 15.0. The number of nitrogens with zero attached hydrogens (tertiary/aromatic N) is 1. The number of carbonyl (C=O) groups is 1. The van der Waals surface area contributed by atoms with Gasteiger partial charge in [-0.3, -0.25) is 4.79 Å². The monoisotopic (exact) mass is 377 g/mol. The summed E-state index contributed by atoms with van der Waals surface area (Å²) in [5.74, 6) is -0.147. The highest BCUT2D eigenvalue weighted by atomic mass is 35.5. The summed E-state index contributed by atoms with van der Waals surface area (Å²) >= 11 is 5.81. The minimum Gasteiger partial charge on any atom is -0.383 e. The molecule has 0 atom stereocenters. The number of halogens is 1. The second kappa shape index (κ2) is 8.12. The first-order valence-corrected chi connectivity index (χ1v) is 9.24. The van der Waals surface area contributed by atoms with E-state index >= 15 is 0 Å². The number of hydrogen-bond acceptors (Lipinski definition) is 5. The van der Waals surface area contributed by atoms with Gasteiger partial charge in [0.25, 0.3) is 0 Å². The van der Waals surface area contributed by atoms with E-state index in [0.717, 1.165) is 0 Å². The van der Waals surface area contributed by atoms with E-state index in [1.54, 1.807) is 30.3 Å². The van der Waals surface area contributed by atoms with Crippen LogP contribution >= 0.6 is 11.6 Å². The third kappa shape index (κ3) is 5.03. The fraction of sp³-hybridized carbons (Fsp3) is 0.176. The van der Waals surface area contributed by atoms with Crippen molar-refractivity contribution in [3.63, 3.8) is 0 Å². The topological polar surface area (TPSA) is 99.1 Å². The van der Waals surface area contributed by atoms with Gasteiger partial charge >= 0.3 is 0 Å². The van der Waals surface area contributed by atoms with Crippen LogP contribution in [0.1, 0.15) is 22.8 Å². The van der Waals surface area contributed by atoms with E-state index in [1.165, 1.54) is 19.1 Å². The number of nitrogens with one attached hydrogen (secondary N) is 2. The van der Waals surface area contributed by atoms with E-state index < -0.39 is 10.0 Å². The molecule has 0 aliphatic carbocycles. The summed E-state index contributed by atoms with van der Waals surface area (Å²) in [6.07, 6.45) is 0. The van der Waals surface area contributed by atoms with Crippen LogP contribution in [0.15, 0.2) is 47.4 Å². The van der Waals surface area contributed by atoms with Crippen LogP contribution in [0.2, 0.25) is 5.02 Å². The molecule has 0 unspecified atom stereocenters. The van der Waals surface area contributed by atoms with E-state index in [0.29, 0.717) is 21.8 Å². The number of rotatable bonds is 7. The largest absolute Gasteiger partial charge is 0.383 e. The van der Waals surface area contributed by atoms with Crippen LogP contribution in [0, 0.1) is 11.3 Å². The molecule has 0 spiro atoms. The molecule has 8 heteroatoms. The fourth-order valence-electron chi connectivity index (χ4n) is 2.17. The quantitative estimate of drug-likeness (QED) is 0.571. The number of anilines is 1. The van der Waals surface area contributed by atoms with Crippen LogP contribution in [0.5, 0.6) is 0 Å². The number of hydrogen-bond donors (Lipinski definition) is 2. The van der Waals surface area contributed by atoms with Gasteiger partial charge in [0.15, 0.2) is 5.78 Å². The van der Waals surface area contributed by atoms with E-state index in [2.05, 4.69) is 10.0 Å². The molecule has 0 aliphatic rings. The number of carbonyl (C=O) groups excluding carboxylic acids is 1. The molecule has 0 saturated heterocycles. The molecule has 2 N–H and O–H groups in total. The summed E-state index contributed by atoms with van der Waals surface area (Å²) in [6, 6.07) is 12.6. The molecule has 0 saturated carbocycles. The van der Waals surface area contributed by atoms with Gasteiger partial charge in [0.05, 0.1) is 16.5 Å². The van der Waals surface area contributed by atoms with Crippen molar-refractivity contribution in [2.75, 3.05) is 18.4 Å². The minimum absolute atomic E-state index is 0.0795. The van der Waals surface area contributed by atoms with Gasteiger partial charge in [0, 0.05) is 29.4 Å². The summed E-state index contributed by atoms with van der Waals surface area (Å²) in [6.45, 7) is 1.77. The lowest BCUT2D eigenvalue weighted by Crippen LogP contribution is -2.29. The fourth-order valence-corrected chi connectivity index (χ4v) is 3.50. The Morgan fingerprint density at radius 2 is 1.96 bits per heavy atom. The van der Waals surface area contributed by atoms with Crippen molar-refractivity contribution in [1.82, 2.24) is 4.72 Å². The molecule has 0 aromatic heterocycles. The summed E-state index contributed by atoms with van der Waals surface area (Å²) in [4.78, 5) is 11.7. The van der Waals surface area contributed by atoms with Crippen molar-refractivity contribution >= 4 is 33.1 Å². The zero-order chi connectivity index (χ0) is 18.4. The molecule has 0 amide bonds. The zero-order valence-electron chi connectivity index (χ0n) is 13.4. The Balaban J connectivity index is 2.02. The van der Waals surface area contributed by atoms with Crippen molar-refractivity contribution in [2.24, 2.45) is 0 Å². The molecule has 0 heterocycles. The maximum atomic E-state index is 12.2. The SMILES string of the molecule is CC(=O)c1ccc(C#N)cc1NCCNS(=O)(=O)c1cccc(Cl)c1. The number of Topliss-reactive ketones (excluding diaryl/α,β-unsaturated/α-hetero) is 1. The predicted molar refractivity (Wildman–Crippen MR) is 96.3 cm³/mol. The summed E-state index contributed by atoms with van der Waals surface area (Å²) in [5.41, 5.74) is 1.34. The number of ketones is 1. The van der Waals surface area contributed by atoms with E-state index in [9.17, 15) is 13.2 Å². The Morgan fingerprint density at radius 3 is 2.60 bits per heavy atom. The highest BCUT2D eigenvalue weighted by Gasteiger charge is 2.14. The summed E-state index contributed by atoms with van der Waals surface area (Å²) in [5, 5.41) is 12.3. The van der Waals surface area contributed by atoms with Crippen molar-refractivity contribution in [3.8, 4) is 6.07 Å². The molecule has 6 nitrogen and oxygen atoms in total. The van der Waals surface area contributed by atoms with Gasteiger partial charge in [-0.25, -0.2) is 13.1 Å². The van der Waals surface area contributed by atoms with Crippen LogP contribution in [0.3, 0.4) is 0 Å². The lowest BCUT2D eigenvalue weighted by molar-refractivity contribution is 0.101. The lowest BCUT2D eigenvalue weighted by Gasteiger charge is -2.12. The van der Waals surface area contributed by atoms with Gasteiger partial charge in [0.1, 0.15) is 0 Å². The number of sulfonamides is 1. The second-order valence-corrected chi connectivity index (χ2v) is 7.41. The molecule has 2 aromatic carbocycles. The Labute approximate surface area is 151 Å². The van der Waals surface area contributed by atoms with Crippen molar-refractivity contribution in [2.45, 2.75) is 11.8 Å². The average Bonchev–Trinajstić information content (AvgIpc) is 2.58. The van der Waals surface area contributed by atoms with Gasteiger partial charge in [-0.05, 0) is 43.3 Å². The average molecular weight is 378 g/mol. The normalized spacial score (nSPS) is 10.9. The van der Waals surface area contributed by atoms with Crippen molar-refractivity contribution in [3.05, 3.63) is 58.6 Å². The Morgan fingerprint density at radius 1 is 1.20 bits per heavy atom. The van der Waals surface area contributed by atoms with Gasteiger partial charge in [-0.15, -0.1) is 0 Å². The van der Waals surface area contributed by atoms with Gasteiger partial charge in [-0.1, -0.05) is 17.7 Å². The third-order valence-corrected chi connectivity index (χ3v) is 5.06. The van der Waals surface area contributed by atoms with E-state index in [-0.39, 0.29) is 23.8 Å². The van der Waals surface area contributed by atoms with Gasteiger partial charge in [-0.2, -0.15) is 5.26 Å². The second-order valence-electron chi connectivity index (χ2n) is 5.21. The van der Waals surface area contributed by atoms with Crippen molar-refractivity contribution < 1.29 is 13.2 Å². The molecular weight excluding hydrogens is 362 g/mol. The minimum atomic E-state index is -3.67. The number of nitriles is 1. The first kappa shape index (κ1) is 18.9. The molecule has 2 aromatic rings. The molecule has 0 fully saturated rings. The maximum absolute atomic E-state index is 12.2. The lowest BCUT2D eigenvalue weighted by atomic mass is 10.1. The molecule has 25 heavy (non-hydrogen) atoms. The molecule has 0 radical (unpaired) electrons. The standard InChI is InChI=1S/C17H16ClN3O3S/c1-12(22)16-6-5-13(11-19)9-17(16)20-7-8-21-25(23,24)15-4-2-3-14(18)10-15/h2-6,9-10,20-21H,7-8H2,1H3. The molecular formula is C17H16ClN3O3S. The van der Waals surface area contributed by atoms with Crippen molar-refractivity contribution in [1.29, 1.82) is 5.26 Å². The van der Waals surface area contributed by atoms with E-state index in [4.69, 9.17) is 16.9 Å². The van der Waals surface area contributed by atoms with Crippen LogP contribution < -0.4 is 10.0 Å². The third-order valence-electron chi connectivity index (χ3n) is 3.37. The molecule has 2 rings (SSSR count). The first-order chi connectivity index (χ1) is 11.8. The smallest absolute Gasteiger partial charge is 0.240 e. The summed E-state index contributed by atoms with van der Waals surface area (Å²) < 4.78 is 26.8. The Kier molecular flexibility index (Phi) is 6.15. The predicted octanol–water partition coefficient (Wildman–Crippen LogP) is 2.80. The summed E-state index contributed by atoms with van der Waals surface area (Å²) in [7, 11) is -3.67. The Hall–Kier alpha value is -2.40. The van der Waals surface area contributed by atoms with E-state index in [1.807, 2.05) is 6.07 Å². The Bertz CT molecular complexity index is 936. The molecule has 0 bridgehead atoms. The molecule has 130 valence electrons. The highest BCUT2D eigenvalue weighted by molar-refractivity contribution is 7.89. The van der Waals surface area contributed by atoms with Crippen LogP contribution in [0.4, 0.5) is 5.69 Å². The molecule has 0 aliphatic heterocycles. The number of benzene rings is 2. The van der Waals surface area contributed by atoms with Crippen LogP contribution in [-0.2, 0) is 10.0 Å². The van der Waals surface area contributed by atoms with Gasteiger partial charge < -0.3 is 5.32 Å². The highest BCUT2D eigenvalue weighted by Crippen LogP contribution is 2.18. The van der Waals surface area contributed by atoms with Gasteiger partial charge in [0.2, 0.25) is 10.0 Å². The van der Waals surface area contributed by atoms with Crippen LogP contribution in [0.25, 0.3) is 0 Å². The first-order valence-electron chi connectivity index (χ1n) is 7.37. The van der Waals surface area contributed by atoms with Crippen LogP contribution in [-0.4, -0.2) is 27.3 Å².